The van der Waals surface area contributed by atoms with Crippen LogP contribution in [-0.4, -0.2) is 77.8 Å². The minimum Gasteiger partial charge on any atom is -0.444 e. The van der Waals surface area contributed by atoms with Gasteiger partial charge >= 0.3 is 6.09 Å². The summed E-state index contributed by atoms with van der Waals surface area (Å²) in [6.45, 7) is 15.0. The van der Waals surface area contributed by atoms with E-state index in [9.17, 15) is 25.0 Å². The lowest BCUT2D eigenvalue weighted by Crippen LogP contribution is -2.48. The van der Waals surface area contributed by atoms with E-state index in [4.69, 9.17) is 4.74 Å². The third kappa shape index (κ3) is 10.1. The van der Waals surface area contributed by atoms with Gasteiger partial charge in [-0.1, -0.05) is 6.92 Å². The summed E-state index contributed by atoms with van der Waals surface area (Å²) in [5.41, 5.74) is 1.81. The Labute approximate surface area is 254 Å². The molecule has 43 heavy (non-hydrogen) atoms. The molecule has 12 heteroatoms. The molecule has 2 heterocycles. The van der Waals surface area contributed by atoms with Gasteiger partial charge in [-0.25, -0.2) is 4.79 Å². The lowest BCUT2D eigenvalue weighted by Gasteiger charge is -2.39. The number of rotatable bonds is 8. The second-order valence-corrected chi connectivity index (χ2v) is 11.9. The first-order chi connectivity index (χ1) is 20.4. The Morgan fingerprint density at radius 1 is 0.837 bits per heavy atom. The van der Waals surface area contributed by atoms with Crippen LogP contribution in [-0.2, 0) is 4.74 Å². The molecule has 2 aromatic carbocycles. The molecular formula is C31H46N6O6. The number of hydrogen-bond donors (Lipinski definition) is 1. The Bertz CT molecular complexity index is 1180. The van der Waals surface area contributed by atoms with Crippen molar-refractivity contribution < 1.29 is 19.4 Å². The Morgan fingerprint density at radius 3 is 1.60 bits per heavy atom. The molecule has 0 bridgehead atoms. The van der Waals surface area contributed by atoms with Crippen molar-refractivity contribution in [3.8, 4) is 0 Å². The summed E-state index contributed by atoms with van der Waals surface area (Å²) in [6.07, 6.45) is 3.70. The van der Waals surface area contributed by atoms with Gasteiger partial charge in [-0.2, -0.15) is 0 Å². The molecule has 236 valence electrons. The molecule has 0 aromatic heterocycles. The van der Waals surface area contributed by atoms with E-state index in [1.807, 2.05) is 39.8 Å². The summed E-state index contributed by atoms with van der Waals surface area (Å²) in [5, 5.41) is 24.8. The molecule has 0 aliphatic carbocycles. The zero-order chi connectivity index (χ0) is 31.6. The average molecular weight is 599 g/mol. The number of ether oxygens (including phenoxy) is 1. The molecule has 0 saturated carbocycles. The molecule has 12 nitrogen and oxygen atoms in total. The number of nitrogens with zero attached hydrogens (tertiary/aromatic N) is 5. The molecule has 2 aliphatic rings. The van der Waals surface area contributed by atoms with Crippen molar-refractivity contribution in [1.29, 1.82) is 0 Å². The van der Waals surface area contributed by atoms with E-state index >= 15 is 0 Å². The number of nitrogens with one attached hydrogen (secondary N) is 1. The second-order valence-electron chi connectivity index (χ2n) is 11.9. The van der Waals surface area contributed by atoms with Crippen LogP contribution in [0.3, 0.4) is 0 Å². The highest BCUT2D eigenvalue weighted by Gasteiger charge is 2.30. The average Bonchev–Trinajstić information content (AvgIpc) is 2.98. The summed E-state index contributed by atoms with van der Waals surface area (Å²) < 4.78 is 5.50. The van der Waals surface area contributed by atoms with Crippen LogP contribution < -0.4 is 15.1 Å². The van der Waals surface area contributed by atoms with Gasteiger partial charge < -0.3 is 24.8 Å². The minimum atomic E-state index is -0.496. The van der Waals surface area contributed by atoms with Crippen LogP contribution in [0.1, 0.15) is 60.3 Å². The van der Waals surface area contributed by atoms with E-state index in [1.165, 1.54) is 12.1 Å². The number of benzene rings is 2. The quantitative estimate of drug-likeness (QED) is 0.287. The minimum absolute atomic E-state index is 0.0979. The van der Waals surface area contributed by atoms with Crippen molar-refractivity contribution in [1.82, 2.24) is 10.2 Å². The van der Waals surface area contributed by atoms with Gasteiger partial charge in [0, 0.05) is 80.4 Å². The lowest BCUT2D eigenvalue weighted by atomic mass is 10.0. The topological polar surface area (TPSA) is 134 Å². The van der Waals surface area contributed by atoms with Gasteiger partial charge in [-0.15, -0.1) is 0 Å². The zero-order valence-corrected chi connectivity index (χ0v) is 26.0. The number of hydrogen-bond acceptors (Lipinski definition) is 9. The maximum Gasteiger partial charge on any atom is 0.410 e. The number of piperidine rings is 2. The van der Waals surface area contributed by atoms with E-state index in [1.54, 1.807) is 29.2 Å². The molecule has 4 rings (SSSR count). The zero-order valence-electron chi connectivity index (χ0n) is 26.0. The number of anilines is 2. The van der Waals surface area contributed by atoms with Gasteiger partial charge in [0.2, 0.25) is 0 Å². The van der Waals surface area contributed by atoms with Crippen LogP contribution in [0.25, 0.3) is 0 Å². The summed E-state index contributed by atoms with van der Waals surface area (Å²) in [4.78, 5) is 39.2. The predicted molar refractivity (Wildman–Crippen MR) is 169 cm³/mol. The summed E-state index contributed by atoms with van der Waals surface area (Å²) in [7, 11) is 0. The van der Waals surface area contributed by atoms with Gasteiger partial charge in [0.25, 0.3) is 11.4 Å². The van der Waals surface area contributed by atoms with Crippen LogP contribution in [0.5, 0.6) is 0 Å². The summed E-state index contributed by atoms with van der Waals surface area (Å²) in [6, 6.07) is 14.2. The number of carbonyl (C=O) groups excluding carboxylic acids is 1. The molecule has 1 N–H and O–H groups in total. The van der Waals surface area contributed by atoms with Crippen molar-refractivity contribution in [2.45, 2.75) is 78.0 Å². The smallest absolute Gasteiger partial charge is 0.410 e. The highest BCUT2D eigenvalue weighted by atomic mass is 16.6. The van der Waals surface area contributed by atoms with Crippen LogP contribution in [0.15, 0.2) is 48.5 Å². The third-order valence-electron chi connectivity index (χ3n) is 7.71. The van der Waals surface area contributed by atoms with Crippen LogP contribution >= 0.6 is 0 Å². The summed E-state index contributed by atoms with van der Waals surface area (Å²) in [5.74, 6) is 0. The maximum atomic E-state index is 12.4. The fourth-order valence-electron chi connectivity index (χ4n) is 5.49. The molecule has 2 fully saturated rings. The standard InChI is InChI=1S/C18H27N3O4.C13H19N3O2/c1-5-20(17(22)25-18(2,3)4)15-10-12-19(13-11-15)14-6-8-16(9-7-14)21(23)24;1-2-14-11-7-9-15(10-8-11)12-3-5-13(6-4-12)16(17)18/h6-9,15H,5,10-13H2,1-4H3;3-6,11,14H,2,7-10H2,1H3. The highest BCUT2D eigenvalue weighted by Crippen LogP contribution is 2.26. The van der Waals surface area contributed by atoms with Gasteiger partial charge in [0.15, 0.2) is 0 Å². The van der Waals surface area contributed by atoms with E-state index in [-0.39, 0.29) is 28.4 Å². The van der Waals surface area contributed by atoms with E-state index < -0.39 is 10.5 Å². The van der Waals surface area contributed by atoms with Crippen LogP contribution in [0, 0.1) is 20.2 Å². The van der Waals surface area contributed by atoms with Gasteiger partial charge in [0.05, 0.1) is 9.85 Å². The Kier molecular flexibility index (Phi) is 12.1. The number of amides is 1. The molecule has 0 unspecified atom stereocenters. The van der Waals surface area contributed by atoms with Crippen LogP contribution in [0.2, 0.25) is 0 Å². The number of carbonyl (C=O) groups is 1. The van der Waals surface area contributed by atoms with Gasteiger partial charge in [0.1, 0.15) is 5.60 Å². The molecule has 1 amide bonds. The monoisotopic (exact) mass is 598 g/mol. The SMILES string of the molecule is CCN(C(=O)OC(C)(C)C)C1CCN(c2ccc([N+](=O)[O-])cc2)CC1.CCNC1CCN(c2ccc([N+](=O)[O-])cc2)CC1. The number of nitro benzene ring substituents is 2. The first-order valence-corrected chi connectivity index (χ1v) is 15.1. The fourth-order valence-corrected chi connectivity index (χ4v) is 5.49. The number of nitro groups is 2. The van der Waals surface area contributed by atoms with Gasteiger partial charge in [-0.05, 0) is 84.2 Å². The van der Waals surface area contributed by atoms with Crippen molar-refractivity contribution in [2.75, 3.05) is 49.1 Å². The molecule has 2 saturated heterocycles. The molecule has 0 radical (unpaired) electrons. The van der Waals surface area contributed by atoms with Crippen molar-refractivity contribution in [3.63, 3.8) is 0 Å². The Morgan fingerprint density at radius 2 is 1.26 bits per heavy atom. The second kappa shape index (κ2) is 15.5. The highest BCUT2D eigenvalue weighted by molar-refractivity contribution is 5.68. The lowest BCUT2D eigenvalue weighted by molar-refractivity contribution is -0.385. The molecule has 0 spiro atoms. The molecule has 0 atom stereocenters. The molecule has 2 aliphatic heterocycles. The molecule has 2 aromatic rings. The van der Waals surface area contributed by atoms with Crippen molar-refractivity contribution in [3.05, 3.63) is 68.8 Å². The Hall–Kier alpha value is -3.93. The van der Waals surface area contributed by atoms with Crippen molar-refractivity contribution in [2.24, 2.45) is 0 Å². The first-order valence-electron chi connectivity index (χ1n) is 15.1. The van der Waals surface area contributed by atoms with E-state index in [2.05, 4.69) is 22.0 Å². The maximum absolute atomic E-state index is 12.4. The van der Waals surface area contributed by atoms with E-state index in [0.29, 0.717) is 12.6 Å². The van der Waals surface area contributed by atoms with E-state index in [0.717, 1.165) is 69.8 Å². The normalized spacial score (nSPS) is 16.2. The third-order valence-corrected chi connectivity index (χ3v) is 7.71. The first kappa shape index (κ1) is 33.6. The largest absolute Gasteiger partial charge is 0.444 e. The van der Waals surface area contributed by atoms with Crippen molar-refractivity contribution >= 4 is 28.8 Å². The van der Waals surface area contributed by atoms with Crippen LogP contribution in [0.4, 0.5) is 27.5 Å². The summed E-state index contributed by atoms with van der Waals surface area (Å²) >= 11 is 0. The number of non-ortho nitro benzene ring substituents is 2. The Balaban J connectivity index is 0.000000248. The molecular weight excluding hydrogens is 552 g/mol. The fraction of sp³-hybridized carbons (Fsp3) is 0.581. The predicted octanol–water partition coefficient (Wildman–Crippen LogP) is 5.99. The van der Waals surface area contributed by atoms with Gasteiger partial charge in [-0.3, -0.25) is 20.2 Å².